The number of fused-ring (bicyclic) bond motifs is 2. The lowest BCUT2D eigenvalue weighted by atomic mass is 9.94. The van der Waals surface area contributed by atoms with Crippen LogP contribution in [0.4, 0.5) is 0 Å². The highest BCUT2D eigenvalue weighted by Gasteiger charge is 2.88. The first kappa shape index (κ1) is 15.7. The molecule has 0 amide bonds. The molecule has 7 nitrogen and oxygen atoms in total. The van der Waals surface area contributed by atoms with Gasteiger partial charge >= 0.3 is 11.9 Å². The molecule has 114 valence electrons. The van der Waals surface area contributed by atoms with Crippen LogP contribution in [0.15, 0.2) is 0 Å². The van der Waals surface area contributed by atoms with E-state index in [1.165, 1.54) is 21.3 Å². The maximum Gasteiger partial charge on any atom is 0.356 e. The zero-order chi connectivity index (χ0) is 15.2. The molecular formula is C12H17BrO7. The van der Waals surface area contributed by atoms with Crippen molar-refractivity contribution in [2.24, 2.45) is 0 Å². The second kappa shape index (κ2) is 4.94. The lowest BCUT2D eigenvalue weighted by molar-refractivity contribution is -0.265. The number of hydrogen-bond acceptors (Lipinski definition) is 7. The predicted molar refractivity (Wildman–Crippen MR) is 69.3 cm³/mol. The summed E-state index contributed by atoms with van der Waals surface area (Å²) in [6.45, 7) is 2.16. The molecule has 0 radical (unpaired) electrons. The zero-order valence-corrected chi connectivity index (χ0v) is 13.3. The Morgan fingerprint density at radius 3 is 2.45 bits per heavy atom. The van der Waals surface area contributed by atoms with Crippen LogP contribution in [0.3, 0.4) is 0 Å². The van der Waals surface area contributed by atoms with Crippen molar-refractivity contribution in [3.05, 3.63) is 0 Å². The molecule has 0 aromatic carbocycles. The highest BCUT2D eigenvalue weighted by Crippen LogP contribution is 2.62. The van der Waals surface area contributed by atoms with Crippen molar-refractivity contribution in [3.8, 4) is 0 Å². The van der Waals surface area contributed by atoms with Gasteiger partial charge in [0.2, 0.25) is 10.1 Å². The molecule has 1 aliphatic carbocycles. The summed E-state index contributed by atoms with van der Waals surface area (Å²) >= 11 is 3.34. The molecule has 0 N–H and O–H groups in total. The first-order valence-corrected chi connectivity index (χ1v) is 6.92. The van der Waals surface area contributed by atoms with E-state index in [1.807, 2.05) is 0 Å². The summed E-state index contributed by atoms with van der Waals surface area (Å²) in [5, 5.41) is 0. The Hall–Kier alpha value is -0.700. The summed E-state index contributed by atoms with van der Waals surface area (Å²) in [7, 11) is 3.89. The van der Waals surface area contributed by atoms with Crippen LogP contribution in [-0.4, -0.2) is 61.7 Å². The van der Waals surface area contributed by atoms with Crippen LogP contribution in [-0.2, 0) is 33.3 Å². The van der Waals surface area contributed by atoms with Gasteiger partial charge in [-0.2, -0.15) is 0 Å². The first-order chi connectivity index (χ1) is 9.40. The van der Waals surface area contributed by atoms with E-state index in [0.717, 1.165) is 0 Å². The quantitative estimate of drug-likeness (QED) is 0.402. The molecule has 8 heteroatoms. The van der Waals surface area contributed by atoms with Crippen LogP contribution in [0.5, 0.6) is 0 Å². The Morgan fingerprint density at radius 2 is 2.00 bits per heavy atom. The number of alkyl halides is 1. The fraction of sp³-hybridized carbons (Fsp3) is 0.833. The minimum absolute atomic E-state index is 0.0895. The van der Waals surface area contributed by atoms with Crippen LogP contribution in [0, 0.1) is 0 Å². The minimum Gasteiger partial charge on any atom is -0.466 e. The SMILES string of the molecule is CCO[C@H]1C[C@@]2(C(=O)OC)OC(=O)[C@]1(Br)C2(OC)OC. The van der Waals surface area contributed by atoms with Gasteiger partial charge in [-0.1, -0.05) is 15.9 Å². The van der Waals surface area contributed by atoms with Crippen molar-refractivity contribution in [3.63, 3.8) is 0 Å². The smallest absolute Gasteiger partial charge is 0.356 e. The molecule has 2 aliphatic rings. The van der Waals surface area contributed by atoms with E-state index in [-0.39, 0.29) is 6.42 Å². The molecule has 1 aliphatic heterocycles. The maximum absolute atomic E-state index is 12.3. The van der Waals surface area contributed by atoms with Gasteiger partial charge < -0.3 is 23.7 Å². The number of rotatable bonds is 5. The molecule has 1 heterocycles. The molecule has 1 saturated heterocycles. The Balaban J connectivity index is 2.62. The van der Waals surface area contributed by atoms with Crippen molar-refractivity contribution < 1.29 is 33.3 Å². The Bertz CT molecular complexity index is 436. The van der Waals surface area contributed by atoms with Gasteiger partial charge in [-0.25, -0.2) is 4.79 Å². The van der Waals surface area contributed by atoms with Gasteiger partial charge in [0.1, 0.15) is 0 Å². The van der Waals surface area contributed by atoms with Gasteiger partial charge in [0, 0.05) is 27.2 Å². The van der Waals surface area contributed by atoms with Gasteiger partial charge in [0.05, 0.1) is 13.2 Å². The summed E-state index contributed by atoms with van der Waals surface area (Å²) in [6.07, 6.45) is -0.542. The first-order valence-electron chi connectivity index (χ1n) is 6.12. The summed E-state index contributed by atoms with van der Waals surface area (Å²) in [4.78, 5) is 24.5. The largest absolute Gasteiger partial charge is 0.466 e. The van der Waals surface area contributed by atoms with E-state index in [0.29, 0.717) is 6.61 Å². The Kier molecular flexibility index (Phi) is 3.87. The van der Waals surface area contributed by atoms with E-state index in [9.17, 15) is 9.59 Å². The summed E-state index contributed by atoms with van der Waals surface area (Å²) in [5.41, 5.74) is -1.69. The molecule has 2 bridgehead atoms. The second-order valence-corrected chi connectivity index (χ2v) is 5.84. The molecule has 0 aromatic heterocycles. The van der Waals surface area contributed by atoms with Crippen molar-refractivity contribution >= 4 is 27.9 Å². The van der Waals surface area contributed by atoms with Crippen molar-refractivity contribution in [2.45, 2.75) is 35.2 Å². The van der Waals surface area contributed by atoms with Crippen LogP contribution >= 0.6 is 15.9 Å². The molecule has 20 heavy (non-hydrogen) atoms. The molecule has 2 fully saturated rings. The third-order valence-corrected chi connectivity index (χ3v) is 5.31. The molecule has 1 saturated carbocycles. The second-order valence-electron chi connectivity index (χ2n) is 4.59. The van der Waals surface area contributed by atoms with E-state index < -0.39 is 33.8 Å². The van der Waals surface area contributed by atoms with Crippen LogP contribution in [0.25, 0.3) is 0 Å². The number of methoxy groups -OCH3 is 3. The Labute approximate surface area is 125 Å². The van der Waals surface area contributed by atoms with Gasteiger partial charge in [-0.3, -0.25) is 4.79 Å². The Morgan fingerprint density at radius 1 is 1.40 bits per heavy atom. The topological polar surface area (TPSA) is 80.3 Å². The van der Waals surface area contributed by atoms with Crippen LogP contribution < -0.4 is 0 Å². The summed E-state index contributed by atoms with van der Waals surface area (Å²) in [5.74, 6) is -3.06. The number of ether oxygens (including phenoxy) is 5. The predicted octanol–water partition coefficient (Wildman–Crippen LogP) is 0.387. The van der Waals surface area contributed by atoms with E-state index in [1.54, 1.807) is 6.92 Å². The zero-order valence-electron chi connectivity index (χ0n) is 11.7. The van der Waals surface area contributed by atoms with Crippen LogP contribution in [0.2, 0.25) is 0 Å². The summed E-state index contributed by atoms with van der Waals surface area (Å²) < 4.78 is 25.1. The lowest BCUT2D eigenvalue weighted by Crippen LogP contribution is -2.62. The van der Waals surface area contributed by atoms with E-state index in [4.69, 9.17) is 23.7 Å². The monoisotopic (exact) mass is 352 g/mol. The molecule has 2 rings (SSSR count). The highest BCUT2D eigenvalue weighted by atomic mass is 79.9. The number of carbonyl (C=O) groups is 2. The van der Waals surface area contributed by atoms with Gasteiger partial charge in [-0.05, 0) is 6.92 Å². The standard InChI is InChI=1S/C12H17BrO7/c1-5-19-7-6-10(8(14)16-2)12(17-3,18-4)11(7,13)9(15)20-10/h7H,5-6H2,1-4H3/t7-,10-,11-/m0/s1. The molecule has 0 unspecified atom stereocenters. The average molecular weight is 353 g/mol. The van der Waals surface area contributed by atoms with Crippen molar-refractivity contribution in [2.75, 3.05) is 27.9 Å². The third-order valence-electron chi connectivity index (χ3n) is 3.95. The van der Waals surface area contributed by atoms with Crippen molar-refractivity contribution in [1.82, 2.24) is 0 Å². The molecule has 0 spiro atoms. The van der Waals surface area contributed by atoms with Gasteiger partial charge in [0.25, 0.3) is 5.60 Å². The van der Waals surface area contributed by atoms with E-state index >= 15 is 0 Å². The fourth-order valence-electron chi connectivity index (χ4n) is 3.16. The highest BCUT2D eigenvalue weighted by molar-refractivity contribution is 9.10. The lowest BCUT2D eigenvalue weighted by Gasteiger charge is -2.37. The maximum atomic E-state index is 12.3. The average Bonchev–Trinajstić information content (AvgIpc) is 2.77. The fourth-order valence-corrected chi connectivity index (χ4v) is 4.18. The third kappa shape index (κ3) is 1.45. The number of halogens is 1. The van der Waals surface area contributed by atoms with Crippen molar-refractivity contribution in [1.29, 1.82) is 0 Å². The summed E-state index contributed by atoms with van der Waals surface area (Å²) in [6, 6.07) is 0. The van der Waals surface area contributed by atoms with E-state index in [2.05, 4.69) is 15.9 Å². The van der Waals surface area contributed by atoms with Gasteiger partial charge in [0.15, 0.2) is 0 Å². The van der Waals surface area contributed by atoms with Gasteiger partial charge in [-0.15, -0.1) is 0 Å². The molecular weight excluding hydrogens is 336 g/mol. The normalized spacial score (nSPS) is 37.9. The number of carbonyl (C=O) groups excluding carboxylic acids is 2. The van der Waals surface area contributed by atoms with Crippen LogP contribution in [0.1, 0.15) is 13.3 Å². The number of esters is 2. The molecule has 3 atom stereocenters. The minimum atomic E-state index is -1.69. The number of hydrogen-bond donors (Lipinski definition) is 0. The molecule has 0 aromatic rings.